The van der Waals surface area contributed by atoms with Gasteiger partial charge < -0.3 is 4.74 Å². The number of carbonyl (C=O) groups is 2. The summed E-state index contributed by atoms with van der Waals surface area (Å²) < 4.78 is 5.95. The Morgan fingerprint density at radius 3 is 2.11 bits per heavy atom. The van der Waals surface area contributed by atoms with E-state index in [1.54, 1.807) is 0 Å². The van der Waals surface area contributed by atoms with Gasteiger partial charge in [-0.05, 0) is 134 Å². The molecule has 4 bridgehead atoms. The topological polar surface area (TPSA) is 43.4 Å². The van der Waals surface area contributed by atoms with Gasteiger partial charge in [0.05, 0.1) is 7.11 Å². The number of hydrogen-bond donors (Lipinski definition) is 0. The van der Waals surface area contributed by atoms with Crippen LogP contribution in [0.2, 0.25) is 0 Å². The fourth-order valence-corrected chi connectivity index (χ4v) is 8.18. The second-order valence-electron chi connectivity index (χ2n) is 11.9. The predicted molar refractivity (Wildman–Crippen MR) is 145 cm³/mol. The monoisotopic (exact) mass is 480 g/mol. The average Bonchev–Trinajstić information content (AvgIpc) is 3.06. The maximum absolute atomic E-state index is 12.1. The number of rotatable bonds is 6. The molecule has 0 aromatic heterocycles. The van der Waals surface area contributed by atoms with Gasteiger partial charge in [-0.2, -0.15) is 0 Å². The van der Waals surface area contributed by atoms with E-state index in [4.69, 9.17) is 4.74 Å². The average molecular weight is 481 g/mol. The molecule has 2 unspecified atom stereocenters. The zero-order valence-electron chi connectivity index (χ0n) is 21.7. The maximum atomic E-state index is 12.1. The van der Waals surface area contributed by atoms with Crippen LogP contribution in [0.15, 0.2) is 54.6 Å². The highest BCUT2D eigenvalue weighted by Gasteiger charge is 2.49. The summed E-state index contributed by atoms with van der Waals surface area (Å²) in [6.45, 7) is 2.98. The molecule has 3 heteroatoms. The summed E-state index contributed by atoms with van der Waals surface area (Å²) in [7, 11) is 1.81. The maximum Gasteiger partial charge on any atom is 0.144 e. The second kappa shape index (κ2) is 8.87. The van der Waals surface area contributed by atoms with Crippen LogP contribution in [0.5, 0.6) is 5.75 Å². The molecule has 7 rings (SSSR count). The van der Waals surface area contributed by atoms with E-state index in [0.717, 1.165) is 39.8 Å². The Kier molecular flexibility index (Phi) is 5.78. The highest BCUT2D eigenvalue weighted by molar-refractivity contribution is 6.06. The van der Waals surface area contributed by atoms with Gasteiger partial charge in [0.1, 0.15) is 23.2 Å². The lowest BCUT2D eigenvalue weighted by atomic mass is 9.59. The van der Waals surface area contributed by atoms with Gasteiger partial charge >= 0.3 is 0 Å². The van der Waals surface area contributed by atoms with Crippen molar-refractivity contribution in [3.05, 3.63) is 65.7 Å². The Labute approximate surface area is 214 Å². The minimum atomic E-state index is -0.678. The minimum Gasteiger partial charge on any atom is -0.496 e. The molecular weight excluding hydrogens is 444 g/mol. The van der Waals surface area contributed by atoms with Crippen LogP contribution in [-0.4, -0.2) is 18.7 Å². The fourth-order valence-electron chi connectivity index (χ4n) is 8.18. The standard InChI is InChI=1S/C33H36O3/c1-20(34)32(21(2)35)29-7-6-25-15-26(4-5-27(25)16-29)28-8-9-31(36-3)30(17-28)33-11-10-22-12-23(18-33)14-24(13-22)19-33/h4-9,15-17,22-24,32H,10-14,18-19H2,1-3H3. The van der Waals surface area contributed by atoms with Crippen molar-refractivity contribution in [3.63, 3.8) is 0 Å². The summed E-state index contributed by atoms with van der Waals surface area (Å²) >= 11 is 0. The van der Waals surface area contributed by atoms with Gasteiger partial charge in [-0.25, -0.2) is 0 Å². The van der Waals surface area contributed by atoms with Crippen LogP contribution in [0.3, 0.4) is 0 Å². The Bertz CT molecular complexity index is 1320. The first kappa shape index (κ1) is 23.5. The summed E-state index contributed by atoms with van der Waals surface area (Å²) in [5.74, 6) is 2.84. The third-order valence-electron chi connectivity index (χ3n) is 9.50. The summed E-state index contributed by atoms with van der Waals surface area (Å²) in [5.41, 5.74) is 4.87. The van der Waals surface area contributed by atoms with E-state index in [1.165, 1.54) is 75.5 Å². The quantitative estimate of drug-likeness (QED) is 0.341. The molecule has 36 heavy (non-hydrogen) atoms. The molecule has 0 spiro atoms. The van der Waals surface area contributed by atoms with Crippen LogP contribution in [0.25, 0.3) is 21.9 Å². The number of carbonyl (C=O) groups excluding carboxylic acids is 2. The van der Waals surface area contributed by atoms with Gasteiger partial charge in [0.25, 0.3) is 0 Å². The van der Waals surface area contributed by atoms with E-state index in [2.05, 4.69) is 36.4 Å². The number of Topliss-reactive ketones (excluding diaryl/α,β-unsaturated/α-hetero) is 2. The lowest BCUT2D eigenvalue weighted by Gasteiger charge is -2.46. The Hall–Kier alpha value is -2.94. The zero-order chi connectivity index (χ0) is 25.0. The van der Waals surface area contributed by atoms with Crippen molar-refractivity contribution in [2.75, 3.05) is 7.11 Å². The van der Waals surface area contributed by atoms with E-state index in [9.17, 15) is 9.59 Å². The summed E-state index contributed by atoms with van der Waals surface area (Å²) in [6.07, 6.45) is 9.57. The molecule has 4 saturated carbocycles. The fraction of sp³-hybridized carbons (Fsp3) is 0.455. The first-order valence-electron chi connectivity index (χ1n) is 13.6. The molecule has 0 N–H and O–H groups in total. The van der Waals surface area contributed by atoms with Crippen molar-refractivity contribution in [3.8, 4) is 16.9 Å². The molecule has 3 nitrogen and oxygen atoms in total. The van der Waals surface area contributed by atoms with Crippen molar-refractivity contribution in [2.45, 2.75) is 70.1 Å². The molecule has 4 fully saturated rings. The molecule has 3 aromatic carbocycles. The van der Waals surface area contributed by atoms with Crippen LogP contribution < -0.4 is 4.74 Å². The lowest BCUT2D eigenvalue weighted by molar-refractivity contribution is -0.126. The van der Waals surface area contributed by atoms with Gasteiger partial charge in [0, 0.05) is 5.56 Å². The van der Waals surface area contributed by atoms with Crippen molar-refractivity contribution >= 4 is 22.3 Å². The molecule has 2 atom stereocenters. The number of methoxy groups -OCH3 is 1. The van der Waals surface area contributed by atoms with Crippen molar-refractivity contribution in [1.29, 1.82) is 0 Å². The first-order valence-corrected chi connectivity index (χ1v) is 13.6. The summed E-state index contributed by atoms with van der Waals surface area (Å²) in [4.78, 5) is 24.1. The van der Waals surface area contributed by atoms with Gasteiger partial charge in [-0.3, -0.25) is 9.59 Å². The van der Waals surface area contributed by atoms with Crippen molar-refractivity contribution in [1.82, 2.24) is 0 Å². The SMILES string of the molecule is COc1ccc(-c2ccc3cc(C(C(C)=O)C(C)=O)ccc3c2)cc1C12CCC3CC(CC(C3)C1)C2. The second-order valence-corrected chi connectivity index (χ2v) is 11.9. The lowest BCUT2D eigenvalue weighted by Crippen LogP contribution is -2.37. The molecule has 3 aromatic rings. The molecule has 0 radical (unpaired) electrons. The zero-order valence-corrected chi connectivity index (χ0v) is 21.7. The number of ether oxygens (including phenoxy) is 1. The van der Waals surface area contributed by atoms with Crippen LogP contribution in [0, 0.1) is 17.8 Å². The Balaban J connectivity index is 1.39. The van der Waals surface area contributed by atoms with Gasteiger partial charge in [0.15, 0.2) is 0 Å². The van der Waals surface area contributed by atoms with Crippen molar-refractivity contribution < 1.29 is 14.3 Å². The van der Waals surface area contributed by atoms with Crippen molar-refractivity contribution in [2.24, 2.45) is 17.8 Å². The van der Waals surface area contributed by atoms with Gasteiger partial charge in [-0.15, -0.1) is 0 Å². The van der Waals surface area contributed by atoms with E-state index < -0.39 is 5.92 Å². The largest absolute Gasteiger partial charge is 0.496 e. The highest BCUT2D eigenvalue weighted by atomic mass is 16.5. The van der Waals surface area contributed by atoms with E-state index in [0.29, 0.717) is 0 Å². The van der Waals surface area contributed by atoms with E-state index in [-0.39, 0.29) is 17.0 Å². The Morgan fingerprint density at radius 2 is 1.42 bits per heavy atom. The molecule has 186 valence electrons. The number of ketones is 2. The first-order chi connectivity index (χ1) is 17.3. The molecule has 0 heterocycles. The Morgan fingerprint density at radius 1 is 0.806 bits per heavy atom. The minimum absolute atomic E-state index is 0.107. The van der Waals surface area contributed by atoms with E-state index >= 15 is 0 Å². The molecule has 0 aliphatic heterocycles. The van der Waals surface area contributed by atoms with Gasteiger partial charge in [0.2, 0.25) is 0 Å². The normalized spacial score (nSPS) is 26.8. The van der Waals surface area contributed by atoms with Gasteiger partial charge in [-0.1, -0.05) is 30.3 Å². The molecule has 4 aliphatic carbocycles. The molecule has 0 saturated heterocycles. The number of fused-ring (bicyclic) bond motifs is 2. The molecule has 4 aliphatic rings. The molecular formula is C33H36O3. The van der Waals surface area contributed by atoms with Crippen LogP contribution >= 0.6 is 0 Å². The van der Waals surface area contributed by atoms with Crippen LogP contribution in [0.4, 0.5) is 0 Å². The van der Waals surface area contributed by atoms with Crippen LogP contribution in [0.1, 0.15) is 75.8 Å². The third-order valence-corrected chi connectivity index (χ3v) is 9.50. The number of benzene rings is 3. The summed E-state index contributed by atoms with van der Waals surface area (Å²) in [6, 6.07) is 19.3. The third kappa shape index (κ3) is 3.97. The number of hydrogen-bond acceptors (Lipinski definition) is 3. The molecule has 0 amide bonds. The summed E-state index contributed by atoms with van der Waals surface area (Å²) in [5, 5.41) is 2.17. The van der Waals surface area contributed by atoms with E-state index in [1.807, 2.05) is 25.3 Å². The smallest absolute Gasteiger partial charge is 0.144 e. The highest BCUT2D eigenvalue weighted by Crippen LogP contribution is 2.59. The predicted octanol–water partition coefficient (Wildman–Crippen LogP) is 7.63. The van der Waals surface area contributed by atoms with Crippen LogP contribution in [-0.2, 0) is 15.0 Å².